The molecule has 1 heterocycles. The summed E-state index contributed by atoms with van der Waals surface area (Å²) in [6, 6.07) is 2.37. The van der Waals surface area contributed by atoms with Gasteiger partial charge in [0.2, 0.25) is 0 Å². The zero-order chi connectivity index (χ0) is 23.3. The number of halogens is 2. The fraction of sp³-hybridized carbons (Fsp3) is 1.00. The number of nitrogens with one attached hydrogen (secondary N) is 5. The molecule has 0 spiro atoms. The number of rotatable bonds is 8. The summed E-state index contributed by atoms with van der Waals surface area (Å²) in [5, 5.41) is 19.1. The quantitative estimate of drug-likeness (QED) is 0.176. The Morgan fingerprint density at radius 1 is 0.656 bits per heavy atom. The second-order valence-electron chi connectivity index (χ2n) is 9.12. The Bertz CT molecular complexity index is 412. The summed E-state index contributed by atoms with van der Waals surface area (Å²) in [5.74, 6) is 0. The van der Waals surface area contributed by atoms with Gasteiger partial charge >= 0.3 is 33.3 Å². The molecule has 4 atom stereocenters. The summed E-state index contributed by atoms with van der Waals surface area (Å²) < 4.78 is 0. The maximum atomic E-state index is 4.80. The van der Waals surface area contributed by atoms with Gasteiger partial charge in [0, 0.05) is 63.4 Å². The fourth-order valence-electron chi connectivity index (χ4n) is 4.75. The Morgan fingerprint density at radius 2 is 1.16 bits per heavy atom. The average molecular weight is 540 g/mol. The van der Waals surface area contributed by atoms with Crippen LogP contribution in [-0.4, -0.2) is 76.5 Å². The van der Waals surface area contributed by atoms with Gasteiger partial charge in [-0.2, -0.15) is 0 Å². The summed E-state index contributed by atoms with van der Waals surface area (Å²) in [5.41, 5.74) is 8.02. The Labute approximate surface area is 211 Å². The van der Waals surface area contributed by atoms with E-state index in [4.69, 9.17) is 20.2 Å². The van der Waals surface area contributed by atoms with Crippen LogP contribution in [0, 0.1) is 0 Å². The van der Waals surface area contributed by atoms with E-state index in [-0.39, 0.29) is 13.1 Å². The van der Waals surface area contributed by atoms with Crippen LogP contribution >= 0.6 is 20.2 Å². The van der Waals surface area contributed by atoms with E-state index in [1.54, 1.807) is 0 Å². The first kappa shape index (κ1) is 30.8. The number of hydrogen-bond acceptors (Lipinski definition) is 5. The van der Waals surface area contributed by atoms with Crippen molar-refractivity contribution in [3.05, 3.63) is 0 Å². The van der Waals surface area contributed by atoms with Crippen LogP contribution in [-0.2, 0) is 13.1 Å². The molecule has 0 bridgehead atoms. The monoisotopic (exact) mass is 538 g/mol. The van der Waals surface area contributed by atoms with Gasteiger partial charge in [0.1, 0.15) is 0 Å². The third kappa shape index (κ3) is 15.7. The topological polar surface area (TPSA) is 115 Å². The van der Waals surface area contributed by atoms with E-state index in [1.807, 2.05) is 0 Å². The maximum Gasteiger partial charge on any atom is 0.0739 e. The van der Waals surface area contributed by atoms with Gasteiger partial charge in [-0.05, 0) is 51.4 Å². The van der Waals surface area contributed by atoms with E-state index in [0.29, 0.717) is 24.2 Å². The van der Waals surface area contributed by atoms with E-state index in [9.17, 15) is 0 Å². The van der Waals surface area contributed by atoms with Gasteiger partial charge in [-0.25, -0.2) is 0 Å². The first-order valence-electron chi connectivity index (χ1n) is 12.8. The summed E-state index contributed by atoms with van der Waals surface area (Å²) in [6.07, 6.45) is 12.9. The van der Waals surface area contributed by atoms with Crippen molar-refractivity contribution in [2.24, 2.45) is 0 Å². The first-order valence-corrected chi connectivity index (χ1v) is 16.1. The number of unbranched alkanes of at least 4 members (excludes halogenated alkanes) is 2. The summed E-state index contributed by atoms with van der Waals surface area (Å²) in [4.78, 5) is 0. The van der Waals surface area contributed by atoms with Crippen LogP contribution in [0.4, 0.5) is 0 Å². The molecule has 0 amide bonds. The van der Waals surface area contributed by atoms with Crippen molar-refractivity contribution >= 4 is 20.2 Å². The normalized spacial score (nSPS) is 28.5. The predicted molar refractivity (Wildman–Crippen MR) is 133 cm³/mol. The molecular weight excluding hydrogens is 488 g/mol. The largest absolute Gasteiger partial charge is 0.358 e. The number of hydrogen-bond donors (Lipinski definition) is 7. The van der Waals surface area contributed by atoms with Gasteiger partial charge in [0.15, 0.2) is 0 Å². The standard InChI is InChI=1S/C22H49N7.2ClH.Mn/c23-11-5-3-7-19-17-28-20(8-4-6-12-24)18-29-22-10-2-1-9-21(22)27-16-14-25-13-15-26-19;;;/h19-22,25-29H,1-18,23-24H2;2*1H;/q;;;+2/t19-,20+,21-,22-;;;/m1.../s1. The molecule has 193 valence electrons. The molecule has 1 saturated heterocycles. The van der Waals surface area contributed by atoms with Crippen molar-refractivity contribution < 1.29 is 24.6 Å². The van der Waals surface area contributed by atoms with Crippen molar-refractivity contribution in [1.82, 2.24) is 26.6 Å². The van der Waals surface area contributed by atoms with Crippen LogP contribution in [0.1, 0.15) is 64.2 Å². The van der Waals surface area contributed by atoms with Crippen LogP contribution in [0.2, 0.25) is 0 Å². The smallest absolute Gasteiger partial charge is 0.0739 e. The molecule has 32 heavy (non-hydrogen) atoms. The molecule has 0 unspecified atom stereocenters. The molecule has 10 heteroatoms. The third-order valence-corrected chi connectivity index (χ3v) is 6.59. The average Bonchev–Trinajstić information content (AvgIpc) is 2.80. The summed E-state index contributed by atoms with van der Waals surface area (Å²) in [7, 11) is 9.59. The van der Waals surface area contributed by atoms with Gasteiger partial charge < -0.3 is 38.1 Å². The molecule has 11 N–H and O–H groups in total. The van der Waals surface area contributed by atoms with E-state index in [2.05, 4.69) is 38.1 Å². The minimum atomic E-state index is 0.00694. The van der Waals surface area contributed by atoms with Gasteiger partial charge in [-0.3, -0.25) is 0 Å². The van der Waals surface area contributed by atoms with Crippen LogP contribution in [0.5, 0.6) is 0 Å². The van der Waals surface area contributed by atoms with Gasteiger partial charge in [-0.15, -0.1) is 0 Å². The van der Waals surface area contributed by atoms with Crippen LogP contribution < -0.4 is 38.1 Å². The molecule has 0 aromatic heterocycles. The minimum absolute atomic E-state index is 0.00694. The van der Waals surface area contributed by atoms with E-state index in [1.165, 1.54) is 64.2 Å². The molecule has 0 aromatic carbocycles. The minimum Gasteiger partial charge on any atom is -0.358 e. The van der Waals surface area contributed by atoms with Crippen molar-refractivity contribution in [1.29, 1.82) is 0 Å². The molecular formula is C22H51Cl2MnN7+2. The van der Waals surface area contributed by atoms with E-state index in [0.717, 1.165) is 52.4 Å². The Kier molecular flexibility index (Phi) is 21.5. The zero-order valence-electron chi connectivity index (χ0n) is 20.1. The van der Waals surface area contributed by atoms with Crippen LogP contribution in [0.3, 0.4) is 0 Å². The van der Waals surface area contributed by atoms with E-state index < -0.39 is 0 Å². The van der Waals surface area contributed by atoms with Crippen molar-refractivity contribution in [2.75, 3.05) is 52.4 Å². The fourth-order valence-corrected chi connectivity index (χ4v) is 4.75. The predicted octanol–water partition coefficient (Wildman–Crippen LogP) is 0.197. The molecule has 0 radical (unpaired) electrons. The molecule has 0 aromatic rings. The second kappa shape index (κ2) is 22.3. The number of fused-ring (bicyclic) bond motifs is 1. The first-order chi connectivity index (χ1) is 15.7. The molecule has 2 aliphatic rings. The van der Waals surface area contributed by atoms with Crippen molar-refractivity contribution in [2.45, 2.75) is 88.4 Å². The Balaban J connectivity index is 0.00000161. The van der Waals surface area contributed by atoms with Crippen LogP contribution in [0.15, 0.2) is 0 Å². The Morgan fingerprint density at radius 3 is 1.75 bits per heavy atom. The third-order valence-electron chi connectivity index (χ3n) is 6.59. The molecule has 2 rings (SSSR count). The number of quaternary nitrogens is 2. The van der Waals surface area contributed by atoms with Gasteiger partial charge in [-0.1, -0.05) is 12.8 Å². The van der Waals surface area contributed by atoms with Crippen molar-refractivity contribution in [3.8, 4) is 0 Å². The molecule has 7 nitrogen and oxygen atoms in total. The molecule has 1 saturated carbocycles. The summed E-state index contributed by atoms with van der Waals surface area (Å²) in [6.45, 7) is 8.49. The van der Waals surface area contributed by atoms with E-state index >= 15 is 0 Å². The van der Waals surface area contributed by atoms with Gasteiger partial charge in [0.05, 0.1) is 13.1 Å². The van der Waals surface area contributed by atoms with Gasteiger partial charge in [0.25, 0.3) is 0 Å². The molecule has 1 aliphatic heterocycles. The Hall–Kier alpha value is 0.819. The summed E-state index contributed by atoms with van der Waals surface area (Å²) >= 11 is 0.00694. The SMILES string of the molecule is [Cl][Mn][Cl].[NH3+]CCCC[C@@H]1CN[C@@H](CCCC[NH3+])CN[C@@H]2CCCC[C@H]2NCCNCCN1. The zero-order valence-corrected chi connectivity index (χ0v) is 22.8. The van der Waals surface area contributed by atoms with Crippen molar-refractivity contribution in [3.63, 3.8) is 0 Å². The molecule has 2 fully saturated rings. The second-order valence-corrected chi connectivity index (χ2v) is 11.1. The maximum absolute atomic E-state index is 4.80. The van der Waals surface area contributed by atoms with Crippen LogP contribution in [0.25, 0.3) is 0 Å². The molecule has 1 aliphatic carbocycles.